The van der Waals surface area contributed by atoms with E-state index >= 15 is 0 Å². The van der Waals surface area contributed by atoms with Crippen LogP contribution in [0.3, 0.4) is 0 Å². The first-order chi connectivity index (χ1) is 5.58. The van der Waals surface area contributed by atoms with Crippen LogP contribution in [-0.2, 0) is 4.74 Å². The van der Waals surface area contributed by atoms with Crippen LogP contribution in [0.2, 0.25) is 0 Å². The van der Waals surface area contributed by atoms with Gasteiger partial charge in [0.25, 0.3) is 0 Å². The van der Waals surface area contributed by atoms with Crippen LogP contribution >= 0.6 is 0 Å². The van der Waals surface area contributed by atoms with E-state index in [1.165, 1.54) is 32.1 Å². The van der Waals surface area contributed by atoms with Crippen LogP contribution in [0.5, 0.6) is 0 Å². The van der Waals surface area contributed by atoms with Crippen molar-refractivity contribution in [2.75, 3.05) is 6.61 Å². The average molecular weight is 170 g/mol. The van der Waals surface area contributed by atoms with E-state index in [0.29, 0.717) is 11.5 Å². The molecule has 0 unspecified atom stereocenters. The third-order valence-corrected chi connectivity index (χ3v) is 2.30. The van der Waals surface area contributed by atoms with Gasteiger partial charge in [-0.2, -0.15) is 0 Å². The van der Waals surface area contributed by atoms with Gasteiger partial charge in [0.1, 0.15) is 0 Å². The topological polar surface area (TPSA) is 9.23 Å². The van der Waals surface area contributed by atoms with Gasteiger partial charge in [0.15, 0.2) is 0 Å². The van der Waals surface area contributed by atoms with Gasteiger partial charge in [0.05, 0.1) is 12.7 Å². The van der Waals surface area contributed by atoms with Crippen LogP contribution in [-0.4, -0.2) is 12.7 Å². The van der Waals surface area contributed by atoms with Crippen LogP contribution in [0, 0.1) is 5.41 Å². The maximum Gasteiger partial charge on any atom is 0.0575 e. The Morgan fingerprint density at radius 3 is 2.17 bits per heavy atom. The largest absolute Gasteiger partial charge is 0.378 e. The molecule has 0 aliphatic heterocycles. The first-order valence-electron chi connectivity index (χ1n) is 5.19. The number of hydrogen-bond acceptors (Lipinski definition) is 1. The van der Waals surface area contributed by atoms with E-state index in [2.05, 4.69) is 20.8 Å². The van der Waals surface area contributed by atoms with E-state index in [1.54, 1.807) is 0 Å². The van der Waals surface area contributed by atoms with Crippen molar-refractivity contribution in [2.45, 2.75) is 59.0 Å². The summed E-state index contributed by atoms with van der Waals surface area (Å²) in [7, 11) is 0. The smallest absolute Gasteiger partial charge is 0.0575 e. The summed E-state index contributed by atoms with van der Waals surface area (Å²) in [6.07, 6.45) is 7.29. The quantitative estimate of drug-likeness (QED) is 0.617. The molecule has 1 fully saturated rings. The fourth-order valence-electron chi connectivity index (χ4n) is 1.60. The minimum absolute atomic E-state index is 0.331. The van der Waals surface area contributed by atoms with Crippen LogP contribution in [0.4, 0.5) is 0 Å². The van der Waals surface area contributed by atoms with Gasteiger partial charge in [-0.05, 0) is 18.3 Å². The van der Waals surface area contributed by atoms with E-state index in [1.807, 2.05) is 0 Å². The molecule has 1 aliphatic carbocycles. The zero-order valence-corrected chi connectivity index (χ0v) is 8.73. The Labute approximate surface area is 76.5 Å². The van der Waals surface area contributed by atoms with Crippen molar-refractivity contribution in [3.63, 3.8) is 0 Å². The number of hydrogen-bond donors (Lipinski definition) is 0. The summed E-state index contributed by atoms with van der Waals surface area (Å²) in [5.74, 6) is 0. The molecule has 1 aliphatic rings. The third kappa shape index (κ3) is 4.10. The molecule has 0 amide bonds. The molecule has 0 radical (unpaired) electrons. The Morgan fingerprint density at radius 1 is 1.08 bits per heavy atom. The van der Waals surface area contributed by atoms with E-state index in [0.717, 1.165) is 6.61 Å². The minimum atomic E-state index is 0.331. The second kappa shape index (κ2) is 4.27. The summed E-state index contributed by atoms with van der Waals surface area (Å²) < 4.78 is 5.85. The van der Waals surface area contributed by atoms with Crippen LogP contribution < -0.4 is 0 Å². The number of rotatable bonds is 2. The van der Waals surface area contributed by atoms with E-state index in [9.17, 15) is 0 Å². The first kappa shape index (κ1) is 10.0. The predicted octanol–water partition coefficient (Wildman–Crippen LogP) is 3.38. The first-order valence-corrected chi connectivity index (χ1v) is 5.19. The summed E-state index contributed by atoms with van der Waals surface area (Å²) in [5.41, 5.74) is 0.331. The maximum atomic E-state index is 5.85. The lowest BCUT2D eigenvalue weighted by Crippen LogP contribution is -2.23. The van der Waals surface area contributed by atoms with Crippen molar-refractivity contribution < 1.29 is 4.74 Å². The predicted molar refractivity (Wildman–Crippen MR) is 52.3 cm³/mol. The average Bonchev–Trinajstić information content (AvgIpc) is 2.02. The molecule has 0 aromatic heterocycles. The fraction of sp³-hybridized carbons (Fsp3) is 1.00. The monoisotopic (exact) mass is 170 g/mol. The molecule has 0 saturated heterocycles. The Kier molecular flexibility index (Phi) is 3.57. The van der Waals surface area contributed by atoms with Gasteiger partial charge in [0, 0.05) is 0 Å². The van der Waals surface area contributed by atoms with Gasteiger partial charge in [-0.3, -0.25) is 0 Å². The molecule has 72 valence electrons. The SMILES string of the molecule is CC(C)(C)COC1CCCCC1. The molecule has 0 bridgehead atoms. The molecule has 1 heteroatoms. The fourth-order valence-corrected chi connectivity index (χ4v) is 1.60. The lowest BCUT2D eigenvalue weighted by Gasteiger charge is -2.26. The highest BCUT2D eigenvalue weighted by Crippen LogP contribution is 2.23. The van der Waals surface area contributed by atoms with Crippen LogP contribution in [0.25, 0.3) is 0 Å². The molecule has 0 aromatic carbocycles. The van der Waals surface area contributed by atoms with Crippen LogP contribution in [0.1, 0.15) is 52.9 Å². The van der Waals surface area contributed by atoms with Crippen LogP contribution in [0.15, 0.2) is 0 Å². The molecule has 0 heterocycles. The summed E-state index contributed by atoms with van der Waals surface area (Å²) in [6, 6.07) is 0. The lowest BCUT2D eigenvalue weighted by atomic mass is 9.96. The Morgan fingerprint density at radius 2 is 1.67 bits per heavy atom. The molecular formula is C11H22O. The zero-order valence-electron chi connectivity index (χ0n) is 8.73. The Bertz CT molecular complexity index is 117. The van der Waals surface area contributed by atoms with E-state index in [4.69, 9.17) is 4.74 Å². The lowest BCUT2D eigenvalue weighted by molar-refractivity contribution is -0.00956. The van der Waals surface area contributed by atoms with Crippen molar-refractivity contribution in [3.8, 4) is 0 Å². The molecule has 1 rings (SSSR count). The van der Waals surface area contributed by atoms with Gasteiger partial charge >= 0.3 is 0 Å². The van der Waals surface area contributed by atoms with Gasteiger partial charge in [-0.15, -0.1) is 0 Å². The zero-order chi connectivity index (χ0) is 9.03. The van der Waals surface area contributed by atoms with Crippen molar-refractivity contribution in [1.29, 1.82) is 0 Å². The molecule has 0 aromatic rings. The molecular weight excluding hydrogens is 148 g/mol. The van der Waals surface area contributed by atoms with E-state index < -0.39 is 0 Å². The second-order valence-electron chi connectivity index (χ2n) is 5.13. The maximum absolute atomic E-state index is 5.85. The van der Waals surface area contributed by atoms with Gasteiger partial charge in [-0.25, -0.2) is 0 Å². The van der Waals surface area contributed by atoms with Gasteiger partial charge < -0.3 is 4.74 Å². The summed E-state index contributed by atoms with van der Waals surface area (Å²) in [4.78, 5) is 0. The highest BCUT2D eigenvalue weighted by atomic mass is 16.5. The van der Waals surface area contributed by atoms with Crippen molar-refractivity contribution in [2.24, 2.45) is 5.41 Å². The van der Waals surface area contributed by atoms with Crippen molar-refractivity contribution in [3.05, 3.63) is 0 Å². The molecule has 0 spiro atoms. The second-order valence-corrected chi connectivity index (χ2v) is 5.13. The Balaban J connectivity index is 2.13. The van der Waals surface area contributed by atoms with Crippen molar-refractivity contribution in [1.82, 2.24) is 0 Å². The molecule has 12 heavy (non-hydrogen) atoms. The highest BCUT2D eigenvalue weighted by Gasteiger charge is 2.17. The summed E-state index contributed by atoms with van der Waals surface area (Å²) in [5, 5.41) is 0. The molecule has 0 N–H and O–H groups in total. The minimum Gasteiger partial charge on any atom is -0.378 e. The summed E-state index contributed by atoms with van der Waals surface area (Å²) >= 11 is 0. The number of ether oxygens (including phenoxy) is 1. The Hall–Kier alpha value is -0.0400. The molecule has 1 saturated carbocycles. The molecule has 0 atom stereocenters. The summed E-state index contributed by atoms with van der Waals surface area (Å²) in [6.45, 7) is 7.61. The highest BCUT2D eigenvalue weighted by molar-refractivity contribution is 4.67. The molecule has 1 nitrogen and oxygen atoms in total. The standard InChI is InChI=1S/C11H22O/c1-11(2,3)9-12-10-7-5-4-6-8-10/h10H,4-9H2,1-3H3. The third-order valence-electron chi connectivity index (χ3n) is 2.30. The van der Waals surface area contributed by atoms with Gasteiger partial charge in [0.2, 0.25) is 0 Å². The van der Waals surface area contributed by atoms with Gasteiger partial charge in [-0.1, -0.05) is 40.0 Å². The normalized spacial score (nSPS) is 21.2. The van der Waals surface area contributed by atoms with E-state index in [-0.39, 0.29) is 0 Å². The van der Waals surface area contributed by atoms with Crippen molar-refractivity contribution >= 4 is 0 Å².